The van der Waals surface area contributed by atoms with E-state index in [0.29, 0.717) is 11.3 Å². The van der Waals surface area contributed by atoms with Gasteiger partial charge in [0.15, 0.2) is 0 Å². The van der Waals surface area contributed by atoms with Gasteiger partial charge in [-0.3, -0.25) is 13.9 Å². The fraction of sp³-hybridized carbons (Fsp3) is 0.394. The van der Waals surface area contributed by atoms with Crippen molar-refractivity contribution in [2.45, 2.75) is 72.0 Å². The van der Waals surface area contributed by atoms with Crippen LogP contribution in [0.15, 0.2) is 72.8 Å². The van der Waals surface area contributed by atoms with Crippen molar-refractivity contribution in [3.63, 3.8) is 0 Å². The number of hydrogen-bond acceptors (Lipinski definition) is 4. The van der Waals surface area contributed by atoms with Crippen molar-refractivity contribution in [1.29, 1.82) is 0 Å². The standard InChI is InChI=1S/C33H42FN3O4S/c1-24-14-19-29(21-25(24)2)37(42(6,40)41)20-10-13-31(38)36(23-27-15-17-28(34)18-16-27)30(32(39)35-33(3,4)5)22-26-11-8-7-9-12-26/h7-9,11-12,14-19,21,30H,10,13,20,22-23H2,1-6H3,(H,35,39)/t30-/m1/s1. The topological polar surface area (TPSA) is 86.8 Å². The number of aryl methyl sites for hydroxylation is 2. The molecule has 0 heterocycles. The number of halogens is 1. The fourth-order valence-electron chi connectivity index (χ4n) is 4.68. The normalized spacial score (nSPS) is 12.5. The van der Waals surface area contributed by atoms with E-state index in [0.717, 1.165) is 22.9 Å². The Kier molecular flexibility index (Phi) is 10.9. The molecule has 1 N–H and O–H groups in total. The van der Waals surface area contributed by atoms with E-state index < -0.39 is 27.4 Å². The first kappa shape index (κ1) is 32.8. The van der Waals surface area contributed by atoms with Crippen molar-refractivity contribution in [2.75, 3.05) is 17.1 Å². The van der Waals surface area contributed by atoms with Gasteiger partial charge in [0.25, 0.3) is 0 Å². The largest absolute Gasteiger partial charge is 0.350 e. The van der Waals surface area contributed by atoms with Gasteiger partial charge in [-0.25, -0.2) is 12.8 Å². The van der Waals surface area contributed by atoms with Gasteiger partial charge in [0.05, 0.1) is 11.9 Å². The van der Waals surface area contributed by atoms with Gasteiger partial charge in [0.1, 0.15) is 11.9 Å². The summed E-state index contributed by atoms with van der Waals surface area (Å²) < 4.78 is 40.4. The summed E-state index contributed by atoms with van der Waals surface area (Å²) in [5, 5.41) is 3.01. The van der Waals surface area contributed by atoms with Gasteiger partial charge in [-0.05, 0) is 87.6 Å². The zero-order valence-corrected chi connectivity index (χ0v) is 26.2. The minimum atomic E-state index is -3.60. The maximum absolute atomic E-state index is 13.9. The molecule has 2 amide bonds. The number of benzene rings is 3. The second kappa shape index (κ2) is 14.0. The van der Waals surface area contributed by atoms with Crippen LogP contribution in [-0.2, 0) is 32.6 Å². The highest BCUT2D eigenvalue weighted by atomic mass is 32.2. The van der Waals surface area contributed by atoms with E-state index >= 15 is 0 Å². The molecule has 3 aromatic carbocycles. The molecule has 9 heteroatoms. The molecule has 3 rings (SSSR count). The Morgan fingerprint density at radius 1 is 0.905 bits per heavy atom. The van der Waals surface area contributed by atoms with Crippen LogP contribution in [0.5, 0.6) is 0 Å². The van der Waals surface area contributed by atoms with Gasteiger partial charge < -0.3 is 10.2 Å². The predicted molar refractivity (Wildman–Crippen MR) is 166 cm³/mol. The number of anilines is 1. The quantitative estimate of drug-likeness (QED) is 0.298. The molecular weight excluding hydrogens is 553 g/mol. The van der Waals surface area contributed by atoms with Gasteiger partial charge in [0.2, 0.25) is 21.8 Å². The zero-order valence-electron chi connectivity index (χ0n) is 25.4. The summed E-state index contributed by atoms with van der Waals surface area (Å²) >= 11 is 0. The lowest BCUT2D eigenvalue weighted by Crippen LogP contribution is -2.54. The molecule has 0 fully saturated rings. The van der Waals surface area contributed by atoms with Crippen LogP contribution in [0.2, 0.25) is 0 Å². The van der Waals surface area contributed by atoms with Gasteiger partial charge in [0, 0.05) is 31.5 Å². The van der Waals surface area contributed by atoms with Crippen LogP contribution in [0.4, 0.5) is 10.1 Å². The first-order valence-electron chi connectivity index (χ1n) is 14.1. The van der Waals surface area contributed by atoms with Crippen LogP contribution < -0.4 is 9.62 Å². The van der Waals surface area contributed by atoms with Crippen molar-refractivity contribution in [3.8, 4) is 0 Å². The molecule has 7 nitrogen and oxygen atoms in total. The van der Waals surface area contributed by atoms with Crippen LogP contribution >= 0.6 is 0 Å². The van der Waals surface area contributed by atoms with Crippen LogP contribution in [0.25, 0.3) is 0 Å². The number of sulfonamides is 1. The Balaban J connectivity index is 1.90. The maximum atomic E-state index is 13.9. The molecule has 0 saturated heterocycles. The minimum Gasteiger partial charge on any atom is -0.350 e. The molecule has 226 valence electrons. The summed E-state index contributed by atoms with van der Waals surface area (Å²) in [5.41, 5.74) is 3.61. The van der Waals surface area contributed by atoms with Gasteiger partial charge in [-0.15, -0.1) is 0 Å². The molecule has 42 heavy (non-hydrogen) atoms. The SMILES string of the molecule is Cc1ccc(N(CCCC(=O)N(Cc2ccc(F)cc2)[C@H](Cc2ccccc2)C(=O)NC(C)(C)C)S(C)(=O)=O)cc1C. The number of rotatable bonds is 12. The Bertz CT molecular complexity index is 1470. The van der Waals surface area contributed by atoms with E-state index in [9.17, 15) is 22.4 Å². The predicted octanol–water partition coefficient (Wildman–Crippen LogP) is 5.54. The maximum Gasteiger partial charge on any atom is 0.243 e. The van der Waals surface area contributed by atoms with E-state index in [-0.39, 0.29) is 44.2 Å². The summed E-state index contributed by atoms with van der Waals surface area (Å²) in [7, 11) is -3.60. The Morgan fingerprint density at radius 3 is 2.12 bits per heavy atom. The molecule has 0 aliphatic rings. The molecule has 1 atom stereocenters. The minimum absolute atomic E-state index is 0.0200. The van der Waals surface area contributed by atoms with Crippen molar-refractivity contribution in [1.82, 2.24) is 10.2 Å². The van der Waals surface area contributed by atoms with Crippen molar-refractivity contribution >= 4 is 27.5 Å². The summed E-state index contributed by atoms with van der Waals surface area (Å²) in [5.74, 6) is -0.984. The zero-order chi connectivity index (χ0) is 31.1. The number of nitrogens with zero attached hydrogens (tertiary/aromatic N) is 2. The monoisotopic (exact) mass is 595 g/mol. The molecule has 0 aliphatic carbocycles. The summed E-state index contributed by atoms with van der Waals surface area (Å²) in [6.07, 6.45) is 1.70. The van der Waals surface area contributed by atoms with E-state index in [1.54, 1.807) is 18.2 Å². The highest BCUT2D eigenvalue weighted by Gasteiger charge is 2.32. The Hall–Kier alpha value is -3.72. The molecule has 0 saturated carbocycles. The highest BCUT2D eigenvalue weighted by Crippen LogP contribution is 2.23. The molecule has 0 unspecified atom stereocenters. The third-order valence-corrected chi connectivity index (χ3v) is 8.16. The van der Waals surface area contributed by atoms with E-state index in [1.165, 1.54) is 21.3 Å². The molecule has 0 spiro atoms. The van der Waals surface area contributed by atoms with E-state index in [4.69, 9.17) is 0 Å². The molecule has 0 bridgehead atoms. The molecule has 3 aromatic rings. The fourth-order valence-corrected chi connectivity index (χ4v) is 5.64. The lowest BCUT2D eigenvalue weighted by atomic mass is 10.00. The molecular formula is C33H42FN3O4S. The smallest absolute Gasteiger partial charge is 0.243 e. The summed E-state index contributed by atoms with van der Waals surface area (Å²) in [6.45, 7) is 9.72. The Morgan fingerprint density at radius 2 is 1.55 bits per heavy atom. The van der Waals surface area contributed by atoms with Crippen LogP contribution in [0, 0.1) is 19.7 Å². The number of carbonyl (C=O) groups is 2. The highest BCUT2D eigenvalue weighted by molar-refractivity contribution is 7.92. The third kappa shape index (κ3) is 9.69. The average Bonchev–Trinajstić information content (AvgIpc) is 2.90. The molecule has 0 aromatic heterocycles. The number of carbonyl (C=O) groups excluding carboxylic acids is 2. The van der Waals surface area contributed by atoms with Gasteiger partial charge in [-0.2, -0.15) is 0 Å². The molecule has 0 radical (unpaired) electrons. The van der Waals surface area contributed by atoms with Gasteiger partial charge in [-0.1, -0.05) is 48.5 Å². The van der Waals surface area contributed by atoms with Crippen molar-refractivity contribution in [2.24, 2.45) is 0 Å². The third-order valence-electron chi connectivity index (χ3n) is 6.97. The van der Waals surface area contributed by atoms with E-state index in [2.05, 4.69) is 5.32 Å². The first-order chi connectivity index (χ1) is 19.6. The van der Waals surface area contributed by atoms with Gasteiger partial charge >= 0.3 is 0 Å². The Labute approximate surface area is 249 Å². The van der Waals surface area contributed by atoms with Crippen LogP contribution in [0.1, 0.15) is 55.9 Å². The number of hydrogen-bond donors (Lipinski definition) is 1. The lowest BCUT2D eigenvalue weighted by Gasteiger charge is -2.34. The van der Waals surface area contributed by atoms with E-state index in [1.807, 2.05) is 77.1 Å². The average molecular weight is 596 g/mol. The molecule has 0 aliphatic heterocycles. The van der Waals surface area contributed by atoms with Crippen LogP contribution in [-0.4, -0.2) is 49.5 Å². The summed E-state index contributed by atoms with van der Waals surface area (Å²) in [4.78, 5) is 29.1. The second-order valence-corrected chi connectivity index (χ2v) is 13.7. The second-order valence-electron chi connectivity index (χ2n) is 11.8. The lowest BCUT2D eigenvalue weighted by molar-refractivity contribution is -0.142. The first-order valence-corrected chi connectivity index (χ1v) is 15.9. The number of nitrogens with one attached hydrogen (secondary N) is 1. The summed E-state index contributed by atoms with van der Waals surface area (Å²) in [6, 6.07) is 19.9. The van der Waals surface area contributed by atoms with Crippen molar-refractivity contribution < 1.29 is 22.4 Å². The number of amides is 2. The van der Waals surface area contributed by atoms with Crippen LogP contribution in [0.3, 0.4) is 0 Å². The van der Waals surface area contributed by atoms with Crippen molar-refractivity contribution in [3.05, 3.63) is 101 Å².